The van der Waals surface area contributed by atoms with Crippen LogP contribution >= 0.6 is 0 Å². The van der Waals surface area contributed by atoms with Crippen LogP contribution in [0.2, 0.25) is 0 Å². The maximum atomic E-state index is 12.3. The van der Waals surface area contributed by atoms with E-state index < -0.39 is 41.7 Å². The van der Waals surface area contributed by atoms with Crippen LogP contribution in [0.1, 0.15) is 60.5 Å². The highest BCUT2D eigenvalue weighted by atomic mass is 16.8. The summed E-state index contributed by atoms with van der Waals surface area (Å²) in [6.45, 7) is 12.2. The summed E-state index contributed by atoms with van der Waals surface area (Å²) in [7, 11) is 1.24. The third-order valence-electron chi connectivity index (χ3n) is 4.24. The summed E-state index contributed by atoms with van der Waals surface area (Å²) in [5.74, 6) is -0.772. The number of hydrogen-bond donors (Lipinski definition) is 1. The highest BCUT2D eigenvalue weighted by molar-refractivity contribution is 5.76. The van der Waals surface area contributed by atoms with Crippen LogP contribution in [0.4, 0.5) is 14.4 Å². The number of carbonyl (C=O) groups is 4. The summed E-state index contributed by atoms with van der Waals surface area (Å²) in [6, 6.07) is 3.58. The van der Waals surface area contributed by atoms with E-state index in [1.807, 2.05) is 6.92 Å². The largest absolute Gasteiger partial charge is 0.514 e. The van der Waals surface area contributed by atoms with Gasteiger partial charge in [-0.05, 0) is 72.1 Å². The zero-order valence-electron chi connectivity index (χ0n) is 23.3. The molecule has 1 N–H and O–H groups in total. The monoisotopic (exact) mass is 541 g/mol. The summed E-state index contributed by atoms with van der Waals surface area (Å²) >= 11 is 0. The van der Waals surface area contributed by atoms with Crippen LogP contribution in [-0.2, 0) is 34.9 Å². The van der Waals surface area contributed by atoms with Gasteiger partial charge >= 0.3 is 24.4 Å². The Kier molecular flexibility index (Phi) is 12.8. The molecular formula is C26H39NO11. The molecule has 0 aromatic heterocycles. The Hall–Kier alpha value is -3.54. The lowest BCUT2D eigenvalue weighted by Gasteiger charge is -2.21. The van der Waals surface area contributed by atoms with Gasteiger partial charge in [-0.25, -0.2) is 14.4 Å². The van der Waals surface area contributed by atoms with E-state index in [0.29, 0.717) is 12.0 Å². The fraction of sp³-hybridized carbons (Fsp3) is 0.615. The number of ether oxygens (including phenoxy) is 7. The average Bonchev–Trinajstić information content (AvgIpc) is 2.78. The fourth-order valence-corrected chi connectivity index (χ4v) is 2.78. The molecule has 0 aliphatic carbocycles. The molecule has 0 saturated carbocycles. The molecule has 0 aliphatic heterocycles. The van der Waals surface area contributed by atoms with E-state index in [1.165, 1.54) is 19.2 Å². The van der Waals surface area contributed by atoms with Gasteiger partial charge in [0.25, 0.3) is 0 Å². The fourth-order valence-electron chi connectivity index (χ4n) is 2.78. The van der Waals surface area contributed by atoms with E-state index in [-0.39, 0.29) is 37.7 Å². The topological polar surface area (TPSA) is 145 Å². The summed E-state index contributed by atoms with van der Waals surface area (Å²) in [6.07, 6.45) is -2.04. The standard InChI is InChI=1S/C26H39NO11/c1-9-13-33-22(29)34-14-12-27-18(21(28)32-8)15-17-10-11-19(35-23(30)37-25(2,3)4)20(16-17)36-24(31)38-26(5,6)7/h10-11,16,18,27H,9,12-15H2,1-8H3/t18-/m0/s1. The Bertz CT molecular complexity index is 947. The predicted molar refractivity (Wildman–Crippen MR) is 135 cm³/mol. The van der Waals surface area contributed by atoms with Gasteiger partial charge in [0.05, 0.1) is 13.7 Å². The van der Waals surface area contributed by atoms with E-state index in [4.69, 9.17) is 33.2 Å². The quantitative estimate of drug-likeness (QED) is 0.181. The molecule has 1 atom stereocenters. The normalized spacial score (nSPS) is 12.1. The lowest BCUT2D eigenvalue weighted by molar-refractivity contribution is -0.143. The van der Waals surface area contributed by atoms with E-state index >= 15 is 0 Å². The van der Waals surface area contributed by atoms with Crippen molar-refractivity contribution in [3.63, 3.8) is 0 Å². The summed E-state index contributed by atoms with van der Waals surface area (Å²) < 4.78 is 35.6. The minimum absolute atomic E-state index is 0.0360. The number of methoxy groups -OCH3 is 1. The van der Waals surface area contributed by atoms with Gasteiger partial charge < -0.3 is 38.5 Å². The first-order valence-corrected chi connectivity index (χ1v) is 12.2. The number of rotatable bonds is 11. The maximum Gasteiger partial charge on any atom is 0.514 e. The minimum Gasteiger partial charge on any atom is -0.468 e. The third kappa shape index (κ3) is 13.7. The van der Waals surface area contributed by atoms with E-state index in [9.17, 15) is 19.2 Å². The maximum absolute atomic E-state index is 12.3. The number of nitrogens with one attached hydrogen (secondary N) is 1. The predicted octanol–water partition coefficient (Wildman–Crippen LogP) is 4.55. The summed E-state index contributed by atoms with van der Waals surface area (Å²) in [5, 5.41) is 2.95. The molecule has 1 aromatic rings. The van der Waals surface area contributed by atoms with Crippen molar-refractivity contribution in [3.05, 3.63) is 23.8 Å². The molecule has 0 bridgehead atoms. The van der Waals surface area contributed by atoms with Gasteiger partial charge in [-0.2, -0.15) is 0 Å². The highest BCUT2D eigenvalue weighted by Crippen LogP contribution is 2.31. The Labute approximate surface area is 223 Å². The van der Waals surface area contributed by atoms with Crippen molar-refractivity contribution < 1.29 is 52.3 Å². The molecule has 12 nitrogen and oxygen atoms in total. The lowest BCUT2D eigenvalue weighted by atomic mass is 10.1. The molecule has 214 valence electrons. The van der Waals surface area contributed by atoms with Gasteiger partial charge in [0, 0.05) is 6.54 Å². The van der Waals surface area contributed by atoms with Crippen molar-refractivity contribution in [3.8, 4) is 11.5 Å². The first-order chi connectivity index (χ1) is 17.6. The van der Waals surface area contributed by atoms with Crippen LogP contribution in [0.25, 0.3) is 0 Å². The number of benzene rings is 1. The van der Waals surface area contributed by atoms with Crippen LogP contribution in [0.3, 0.4) is 0 Å². The molecule has 0 aliphatic rings. The lowest BCUT2D eigenvalue weighted by Crippen LogP contribution is -2.41. The molecule has 0 fully saturated rings. The zero-order valence-corrected chi connectivity index (χ0v) is 23.3. The van der Waals surface area contributed by atoms with Crippen molar-refractivity contribution in [1.29, 1.82) is 0 Å². The van der Waals surface area contributed by atoms with Crippen molar-refractivity contribution >= 4 is 24.4 Å². The third-order valence-corrected chi connectivity index (χ3v) is 4.24. The Balaban J connectivity index is 3.04. The molecule has 1 aromatic carbocycles. The minimum atomic E-state index is -1.02. The van der Waals surface area contributed by atoms with Crippen LogP contribution in [0.5, 0.6) is 11.5 Å². The molecule has 1 rings (SSSR count). The van der Waals surface area contributed by atoms with Gasteiger partial charge in [0.1, 0.15) is 23.9 Å². The van der Waals surface area contributed by atoms with Crippen LogP contribution in [-0.4, -0.2) is 68.5 Å². The molecule has 0 amide bonds. The van der Waals surface area contributed by atoms with Crippen LogP contribution in [0, 0.1) is 0 Å². The Morgan fingerprint density at radius 1 is 0.816 bits per heavy atom. The van der Waals surface area contributed by atoms with Crippen LogP contribution in [0.15, 0.2) is 18.2 Å². The smallest absolute Gasteiger partial charge is 0.468 e. The average molecular weight is 542 g/mol. The van der Waals surface area contributed by atoms with Gasteiger partial charge in [0.15, 0.2) is 11.5 Å². The molecule has 0 spiro atoms. The molecule has 0 radical (unpaired) electrons. The van der Waals surface area contributed by atoms with Crippen molar-refractivity contribution in [2.45, 2.75) is 78.6 Å². The van der Waals surface area contributed by atoms with E-state index in [0.717, 1.165) is 0 Å². The van der Waals surface area contributed by atoms with Crippen molar-refractivity contribution in [1.82, 2.24) is 5.32 Å². The number of hydrogen-bond acceptors (Lipinski definition) is 12. The summed E-state index contributed by atoms with van der Waals surface area (Å²) in [4.78, 5) is 48.3. The second-order valence-corrected chi connectivity index (χ2v) is 10.1. The zero-order chi connectivity index (χ0) is 28.9. The Morgan fingerprint density at radius 2 is 1.37 bits per heavy atom. The second-order valence-electron chi connectivity index (χ2n) is 10.1. The summed E-state index contributed by atoms with van der Waals surface area (Å²) in [5.41, 5.74) is -1.10. The van der Waals surface area contributed by atoms with Gasteiger partial charge in [-0.15, -0.1) is 0 Å². The molecule has 0 unspecified atom stereocenters. The van der Waals surface area contributed by atoms with E-state index in [1.54, 1.807) is 47.6 Å². The molecular weight excluding hydrogens is 502 g/mol. The first kappa shape index (κ1) is 32.5. The second kappa shape index (κ2) is 15.0. The molecule has 38 heavy (non-hydrogen) atoms. The first-order valence-electron chi connectivity index (χ1n) is 12.2. The molecule has 12 heteroatoms. The van der Waals surface area contributed by atoms with Crippen LogP contribution < -0.4 is 14.8 Å². The number of carbonyl (C=O) groups excluding carboxylic acids is 4. The van der Waals surface area contributed by atoms with Crippen molar-refractivity contribution in [2.24, 2.45) is 0 Å². The Morgan fingerprint density at radius 3 is 1.89 bits per heavy atom. The molecule has 0 heterocycles. The van der Waals surface area contributed by atoms with E-state index in [2.05, 4.69) is 5.32 Å². The van der Waals surface area contributed by atoms with Gasteiger partial charge in [-0.3, -0.25) is 4.79 Å². The SMILES string of the molecule is CCCOC(=O)OCCN[C@@H](Cc1ccc(OC(=O)OC(C)(C)C)c(OC(=O)OC(C)(C)C)c1)C(=O)OC. The number of esters is 1. The van der Waals surface area contributed by atoms with Crippen molar-refractivity contribution in [2.75, 3.05) is 26.9 Å². The molecule has 0 saturated heterocycles. The highest BCUT2D eigenvalue weighted by Gasteiger charge is 2.25. The van der Waals surface area contributed by atoms with Gasteiger partial charge in [0.2, 0.25) is 0 Å². The van der Waals surface area contributed by atoms with Gasteiger partial charge in [-0.1, -0.05) is 13.0 Å².